The number of hydrogen-bond donors (Lipinski definition) is 3. The van der Waals surface area contributed by atoms with E-state index in [0.717, 1.165) is 51.4 Å². The molecule has 0 aromatic rings. The Hall–Kier alpha value is -1.84. The van der Waals surface area contributed by atoms with Crippen LogP contribution in [-0.4, -0.2) is 66.3 Å². The topological polar surface area (TPSA) is 132 Å². The summed E-state index contributed by atoms with van der Waals surface area (Å²) in [7, 11) is -4.52. The van der Waals surface area contributed by atoms with Crippen LogP contribution in [0.15, 0.2) is 60.8 Å². The SMILES string of the molecule is CC/C=C\C/C=C\C/C=C\C/C=C\C/C=C\CCOCC(COP(=O)(O)OCC(O)CO)OC(=O)CCCCCCCCCCC. The van der Waals surface area contributed by atoms with Crippen LogP contribution in [0.5, 0.6) is 0 Å². The van der Waals surface area contributed by atoms with Crippen molar-refractivity contribution in [1.29, 1.82) is 0 Å². The van der Waals surface area contributed by atoms with Crippen molar-refractivity contribution in [1.82, 2.24) is 0 Å². The Morgan fingerprint density at radius 3 is 1.74 bits per heavy atom. The molecule has 0 saturated heterocycles. The predicted octanol–water partition coefficient (Wildman–Crippen LogP) is 8.46. The number of ether oxygens (including phenoxy) is 2. The molecule has 3 atom stereocenters. The van der Waals surface area contributed by atoms with Gasteiger partial charge in [0.1, 0.15) is 12.2 Å². The molecule has 0 aliphatic heterocycles. The standard InChI is InChI=1S/C36H63O9P/c1-3-5-7-9-11-13-14-15-16-17-18-19-21-23-25-27-29-42-32-35(33-44-46(40,41)43-31-34(38)30-37)45-36(39)28-26-24-22-20-12-10-8-6-4-2/h5,7,11,13,15-16,18-19,23,25,34-35,37-38H,3-4,6,8-10,12,14,17,20-22,24,26-33H2,1-2H3,(H,40,41)/b7-5-,13-11-,16-15-,19-18-,25-23-. The number of aliphatic hydroxyl groups excluding tert-OH is 2. The van der Waals surface area contributed by atoms with Gasteiger partial charge >= 0.3 is 13.8 Å². The van der Waals surface area contributed by atoms with Crippen LogP contribution in [-0.2, 0) is 27.9 Å². The van der Waals surface area contributed by atoms with Crippen molar-refractivity contribution in [3.63, 3.8) is 0 Å². The van der Waals surface area contributed by atoms with Crippen molar-refractivity contribution in [2.24, 2.45) is 0 Å². The third-order valence-electron chi connectivity index (χ3n) is 6.74. The summed E-state index contributed by atoms with van der Waals surface area (Å²) in [4.78, 5) is 22.3. The van der Waals surface area contributed by atoms with E-state index < -0.39 is 45.8 Å². The number of carbonyl (C=O) groups excluding carboxylic acids is 1. The summed E-state index contributed by atoms with van der Waals surface area (Å²) in [6.45, 7) is 3.11. The van der Waals surface area contributed by atoms with Crippen molar-refractivity contribution in [3.8, 4) is 0 Å². The summed E-state index contributed by atoms with van der Waals surface area (Å²) in [6, 6.07) is 0. The molecule has 10 heteroatoms. The van der Waals surface area contributed by atoms with Crippen molar-refractivity contribution >= 4 is 13.8 Å². The maximum Gasteiger partial charge on any atom is 0.472 e. The minimum Gasteiger partial charge on any atom is -0.457 e. The fourth-order valence-electron chi connectivity index (χ4n) is 4.12. The van der Waals surface area contributed by atoms with Gasteiger partial charge in [0, 0.05) is 6.42 Å². The van der Waals surface area contributed by atoms with Gasteiger partial charge in [-0.2, -0.15) is 0 Å². The van der Waals surface area contributed by atoms with E-state index in [9.17, 15) is 19.4 Å². The molecule has 0 aromatic heterocycles. The summed E-state index contributed by atoms with van der Waals surface area (Å²) in [5.74, 6) is -0.414. The van der Waals surface area contributed by atoms with Gasteiger partial charge in [-0.25, -0.2) is 4.57 Å². The van der Waals surface area contributed by atoms with Crippen molar-refractivity contribution in [2.75, 3.05) is 33.0 Å². The Balaban J connectivity index is 4.41. The number of carbonyl (C=O) groups is 1. The third-order valence-corrected chi connectivity index (χ3v) is 7.69. The van der Waals surface area contributed by atoms with E-state index in [1.54, 1.807) is 0 Å². The fraction of sp³-hybridized carbons (Fsp3) is 0.694. The minimum absolute atomic E-state index is 0.00648. The zero-order valence-electron chi connectivity index (χ0n) is 28.5. The first-order chi connectivity index (χ1) is 22.3. The third kappa shape index (κ3) is 32.1. The molecule has 3 unspecified atom stereocenters. The molecule has 0 aliphatic carbocycles. The number of unbranched alkanes of at least 4 members (excludes halogenated alkanes) is 8. The van der Waals surface area contributed by atoms with E-state index in [1.807, 2.05) is 6.08 Å². The van der Waals surface area contributed by atoms with Crippen molar-refractivity contribution in [2.45, 2.75) is 129 Å². The maximum absolute atomic E-state index is 12.4. The average molecular weight is 671 g/mol. The molecular formula is C36H63O9P. The summed E-state index contributed by atoms with van der Waals surface area (Å²) in [5.41, 5.74) is 0. The van der Waals surface area contributed by atoms with E-state index in [-0.39, 0.29) is 13.0 Å². The first-order valence-corrected chi connectivity index (χ1v) is 18.8. The van der Waals surface area contributed by atoms with Gasteiger partial charge in [0.2, 0.25) is 0 Å². The molecule has 0 radical (unpaired) electrons. The minimum atomic E-state index is -4.52. The predicted molar refractivity (Wildman–Crippen MR) is 186 cm³/mol. The number of allylic oxidation sites excluding steroid dienone is 9. The second-order valence-electron chi connectivity index (χ2n) is 11.2. The van der Waals surface area contributed by atoms with Gasteiger partial charge in [0.25, 0.3) is 0 Å². The van der Waals surface area contributed by atoms with Crippen molar-refractivity contribution in [3.05, 3.63) is 60.8 Å². The highest BCUT2D eigenvalue weighted by atomic mass is 31.2. The molecule has 0 rings (SSSR count). The summed E-state index contributed by atoms with van der Waals surface area (Å²) in [6.07, 6.45) is 35.0. The molecule has 266 valence electrons. The number of aliphatic hydroxyl groups is 2. The van der Waals surface area contributed by atoms with Crippen LogP contribution >= 0.6 is 7.82 Å². The van der Waals surface area contributed by atoms with E-state index >= 15 is 0 Å². The smallest absolute Gasteiger partial charge is 0.457 e. The number of rotatable bonds is 32. The van der Waals surface area contributed by atoms with Gasteiger partial charge in [0.15, 0.2) is 0 Å². The van der Waals surface area contributed by atoms with Crippen LogP contribution in [0.3, 0.4) is 0 Å². The van der Waals surface area contributed by atoms with Gasteiger partial charge in [-0.05, 0) is 44.9 Å². The fourth-order valence-corrected chi connectivity index (χ4v) is 4.91. The Bertz CT molecular complexity index is 898. The van der Waals surface area contributed by atoms with Gasteiger partial charge in [-0.15, -0.1) is 0 Å². The molecule has 0 bridgehead atoms. The van der Waals surface area contributed by atoms with Gasteiger partial charge in [0.05, 0.1) is 33.0 Å². The van der Waals surface area contributed by atoms with Crippen molar-refractivity contribution < 1.29 is 43.0 Å². The average Bonchev–Trinajstić information content (AvgIpc) is 3.04. The Morgan fingerprint density at radius 1 is 0.696 bits per heavy atom. The van der Waals surface area contributed by atoms with E-state index in [2.05, 4.69) is 73.1 Å². The zero-order chi connectivity index (χ0) is 34.0. The maximum atomic E-state index is 12.4. The number of phosphoric ester groups is 1. The lowest BCUT2D eigenvalue weighted by molar-refractivity contribution is -0.154. The second kappa shape index (κ2) is 33.1. The molecular weight excluding hydrogens is 607 g/mol. The number of hydrogen-bond acceptors (Lipinski definition) is 8. The van der Waals surface area contributed by atoms with Gasteiger partial charge in [-0.3, -0.25) is 13.8 Å². The van der Waals surface area contributed by atoms with Crippen LogP contribution in [0.1, 0.15) is 117 Å². The molecule has 3 N–H and O–H groups in total. The lowest BCUT2D eigenvalue weighted by Crippen LogP contribution is -2.29. The molecule has 0 aliphatic rings. The molecule has 0 aromatic carbocycles. The number of phosphoric acid groups is 1. The first kappa shape index (κ1) is 44.2. The van der Waals surface area contributed by atoms with E-state index in [4.69, 9.17) is 19.1 Å². The second-order valence-corrected chi connectivity index (χ2v) is 12.6. The summed E-state index contributed by atoms with van der Waals surface area (Å²) < 4.78 is 33.0. The molecule has 0 heterocycles. The van der Waals surface area contributed by atoms with Crippen LogP contribution in [0.4, 0.5) is 0 Å². The molecule has 46 heavy (non-hydrogen) atoms. The Kier molecular flexibility index (Phi) is 31.8. The van der Waals surface area contributed by atoms with Gasteiger partial charge in [-0.1, -0.05) is 126 Å². The normalized spacial score (nSPS) is 15.2. The quantitative estimate of drug-likeness (QED) is 0.0279. The zero-order valence-corrected chi connectivity index (χ0v) is 29.4. The summed E-state index contributed by atoms with van der Waals surface area (Å²) >= 11 is 0. The lowest BCUT2D eigenvalue weighted by atomic mass is 10.1. The first-order valence-electron chi connectivity index (χ1n) is 17.3. The largest absolute Gasteiger partial charge is 0.472 e. The highest BCUT2D eigenvalue weighted by Crippen LogP contribution is 2.43. The molecule has 0 fully saturated rings. The monoisotopic (exact) mass is 670 g/mol. The van der Waals surface area contributed by atoms with E-state index in [0.29, 0.717) is 19.4 Å². The Morgan fingerprint density at radius 2 is 1.20 bits per heavy atom. The van der Waals surface area contributed by atoms with E-state index in [1.165, 1.54) is 32.1 Å². The Labute approximate surface area is 279 Å². The van der Waals surface area contributed by atoms with Crippen LogP contribution in [0.25, 0.3) is 0 Å². The highest BCUT2D eigenvalue weighted by Gasteiger charge is 2.26. The number of esters is 1. The highest BCUT2D eigenvalue weighted by molar-refractivity contribution is 7.47. The molecule has 0 saturated carbocycles. The molecule has 9 nitrogen and oxygen atoms in total. The van der Waals surface area contributed by atoms with Crippen LogP contribution in [0.2, 0.25) is 0 Å². The van der Waals surface area contributed by atoms with Crippen LogP contribution < -0.4 is 0 Å². The molecule has 0 spiro atoms. The molecule has 0 amide bonds. The summed E-state index contributed by atoms with van der Waals surface area (Å²) in [5, 5.41) is 18.2. The van der Waals surface area contributed by atoms with Crippen LogP contribution in [0, 0.1) is 0 Å². The van der Waals surface area contributed by atoms with Gasteiger partial charge < -0.3 is 24.6 Å². The lowest BCUT2D eigenvalue weighted by Gasteiger charge is -2.20.